The first-order valence-corrected chi connectivity index (χ1v) is 5.32. The summed E-state index contributed by atoms with van der Waals surface area (Å²) in [6.45, 7) is 10.5. The summed E-state index contributed by atoms with van der Waals surface area (Å²) < 4.78 is 0. The Morgan fingerprint density at radius 2 is 1.81 bits per heavy atom. The molecule has 0 fully saturated rings. The summed E-state index contributed by atoms with van der Waals surface area (Å²) in [6.07, 6.45) is 5.16. The zero-order valence-electron chi connectivity index (χ0n) is 10.2. The smallest absolute Gasteiger partial charge is 0.0644 e. The molecule has 0 saturated heterocycles. The van der Waals surface area contributed by atoms with E-state index in [0.717, 1.165) is 6.54 Å². The normalized spacial score (nSPS) is 11.4. The van der Waals surface area contributed by atoms with E-state index < -0.39 is 0 Å². The zero-order valence-corrected chi connectivity index (χ0v) is 10.2. The van der Waals surface area contributed by atoms with E-state index in [1.54, 1.807) is 18.5 Å². The van der Waals surface area contributed by atoms with Gasteiger partial charge >= 0.3 is 0 Å². The minimum Gasteiger partial charge on any atom is -0.288 e. The summed E-state index contributed by atoms with van der Waals surface area (Å²) in [4.78, 5) is 7.94. The van der Waals surface area contributed by atoms with Gasteiger partial charge in [0.25, 0.3) is 0 Å². The molecule has 0 unspecified atom stereocenters. The monoisotopic (exact) mass is 214 g/mol. The van der Waals surface area contributed by atoms with Gasteiger partial charge in [-0.05, 0) is 50.3 Å². The third-order valence-corrected chi connectivity index (χ3v) is 2.47. The second-order valence-electron chi connectivity index (χ2n) is 3.89. The molecule has 1 rings (SSSR count). The van der Waals surface area contributed by atoms with Crippen molar-refractivity contribution in [2.45, 2.75) is 27.3 Å². The van der Waals surface area contributed by atoms with Gasteiger partial charge in [0.15, 0.2) is 0 Å². The number of hydrogen-bond acceptors (Lipinski definition) is 2. The van der Waals surface area contributed by atoms with Crippen molar-refractivity contribution in [3.8, 4) is 0 Å². The van der Waals surface area contributed by atoms with Crippen molar-refractivity contribution in [2.24, 2.45) is 9.98 Å². The average molecular weight is 214 g/mol. The van der Waals surface area contributed by atoms with E-state index >= 15 is 0 Å². The Kier molecular flexibility index (Phi) is 4.65. The standard InChI is InChI=1S/C14H18N2/c1-11-8-12(2)14(13(3)9-11)10-16-7-5-6-15-4/h5-9H,4,10H2,1-3H3/b6-5-,16-7?. The minimum absolute atomic E-state index is 0.722. The third-order valence-electron chi connectivity index (χ3n) is 2.47. The fraction of sp³-hybridized carbons (Fsp3) is 0.286. The van der Waals surface area contributed by atoms with Crippen LogP contribution in [0.5, 0.6) is 0 Å². The molecule has 0 aromatic heterocycles. The molecule has 0 N–H and O–H groups in total. The van der Waals surface area contributed by atoms with Gasteiger partial charge in [0.2, 0.25) is 0 Å². The van der Waals surface area contributed by atoms with Crippen molar-refractivity contribution in [3.05, 3.63) is 46.7 Å². The van der Waals surface area contributed by atoms with Crippen molar-refractivity contribution < 1.29 is 0 Å². The van der Waals surface area contributed by atoms with Crippen LogP contribution in [0.3, 0.4) is 0 Å². The highest BCUT2D eigenvalue weighted by molar-refractivity contribution is 5.71. The molecule has 0 spiro atoms. The molecule has 0 saturated carbocycles. The van der Waals surface area contributed by atoms with Gasteiger partial charge in [0, 0.05) is 12.4 Å². The van der Waals surface area contributed by atoms with Crippen molar-refractivity contribution in [1.29, 1.82) is 0 Å². The van der Waals surface area contributed by atoms with Crippen molar-refractivity contribution in [2.75, 3.05) is 0 Å². The molecule has 16 heavy (non-hydrogen) atoms. The van der Waals surface area contributed by atoms with Crippen molar-refractivity contribution in [1.82, 2.24) is 0 Å². The highest BCUT2D eigenvalue weighted by atomic mass is 14.7. The van der Waals surface area contributed by atoms with Crippen LogP contribution in [0.15, 0.2) is 34.4 Å². The lowest BCUT2D eigenvalue weighted by Gasteiger charge is -2.08. The molecule has 0 atom stereocenters. The van der Waals surface area contributed by atoms with Gasteiger partial charge in [-0.2, -0.15) is 0 Å². The van der Waals surface area contributed by atoms with Gasteiger partial charge in [-0.25, -0.2) is 0 Å². The van der Waals surface area contributed by atoms with Crippen LogP contribution < -0.4 is 0 Å². The maximum Gasteiger partial charge on any atom is 0.0644 e. The minimum atomic E-state index is 0.722. The first kappa shape index (κ1) is 12.4. The largest absolute Gasteiger partial charge is 0.288 e. The molecule has 2 heteroatoms. The number of aryl methyl sites for hydroxylation is 3. The Labute approximate surface area is 97.5 Å². The van der Waals surface area contributed by atoms with Crippen LogP contribution in [-0.2, 0) is 6.54 Å². The predicted octanol–water partition coefficient (Wildman–Crippen LogP) is 3.40. The number of aliphatic imine (C=N–C) groups is 2. The second kappa shape index (κ2) is 6.01. The van der Waals surface area contributed by atoms with Crippen LogP contribution in [0.4, 0.5) is 0 Å². The predicted molar refractivity (Wildman–Crippen MR) is 71.5 cm³/mol. The highest BCUT2D eigenvalue weighted by Gasteiger charge is 2.01. The summed E-state index contributed by atoms with van der Waals surface area (Å²) in [5, 5.41) is 0. The highest BCUT2D eigenvalue weighted by Crippen LogP contribution is 2.16. The van der Waals surface area contributed by atoms with Crippen LogP contribution >= 0.6 is 0 Å². The number of allylic oxidation sites excluding steroid dienone is 1. The Hall–Kier alpha value is -1.70. The van der Waals surface area contributed by atoms with Gasteiger partial charge in [-0.3, -0.25) is 9.98 Å². The van der Waals surface area contributed by atoms with Gasteiger partial charge in [-0.15, -0.1) is 0 Å². The summed E-state index contributed by atoms with van der Waals surface area (Å²) in [7, 11) is 0. The molecule has 0 aliphatic carbocycles. The molecule has 84 valence electrons. The Bertz CT molecular complexity index is 405. The van der Waals surface area contributed by atoms with Gasteiger partial charge in [0.1, 0.15) is 0 Å². The molecule has 1 aromatic rings. The Balaban J connectivity index is 2.78. The van der Waals surface area contributed by atoms with Crippen LogP contribution in [0, 0.1) is 20.8 Å². The van der Waals surface area contributed by atoms with Gasteiger partial charge < -0.3 is 0 Å². The van der Waals surface area contributed by atoms with Crippen LogP contribution in [-0.4, -0.2) is 12.9 Å². The Morgan fingerprint density at radius 3 is 2.38 bits per heavy atom. The molecule has 1 aromatic carbocycles. The van der Waals surface area contributed by atoms with Crippen molar-refractivity contribution in [3.63, 3.8) is 0 Å². The third kappa shape index (κ3) is 3.46. The van der Waals surface area contributed by atoms with Crippen LogP contribution in [0.2, 0.25) is 0 Å². The summed E-state index contributed by atoms with van der Waals surface area (Å²) >= 11 is 0. The lowest BCUT2D eigenvalue weighted by molar-refractivity contribution is 1.03. The molecule has 0 radical (unpaired) electrons. The van der Waals surface area contributed by atoms with Crippen molar-refractivity contribution >= 4 is 12.9 Å². The SMILES string of the molecule is C=N/C=C\C=NCc1c(C)cc(C)cc1C. The lowest BCUT2D eigenvalue weighted by atomic mass is 10.00. The van der Waals surface area contributed by atoms with Gasteiger partial charge in [-0.1, -0.05) is 17.7 Å². The van der Waals surface area contributed by atoms with E-state index in [1.807, 2.05) is 0 Å². The molecule has 0 aliphatic rings. The number of rotatable bonds is 4. The summed E-state index contributed by atoms with van der Waals surface area (Å²) in [5.74, 6) is 0. The first-order valence-electron chi connectivity index (χ1n) is 5.32. The maximum atomic E-state index is 4.33. The maximum absolute atomic E-state index is 4.33. The molecular weight excluding hydrogens is 196 g/mol. The molecule has 2 nitrogen and oxygen atoms in total. The number of nitrogens with zero attached hydrogens (tertiary/aromatic N) is 2. The van der Waals surface area contributed by atoms with E-state index in [0.29, 0.717) is 0 Å². The zero-order chi connectivity index (χ0) is 12.0. The topological polar surface area (TPSA) is 24.7 Å². The molecule has 0 bridgehead atoms. The van der Waals surface area contributed by atoms with E-state index in [4.69, 9.17) is 0 Å². The van der Waals surface area contributed by atoms with E-state index in [-0.39, 0.29) is 0 Å². The molecule has 0 heterocycles. The number of hydrogen-bond donors (Lipinski definition) is 0. The fourth-order valence-electron chi connectivity index (χ4n) is 1.76. The first-order chi connectivity index (χ1) is 7.65. The fourth-order valence-corrected chi connectivity index (χ4v) is 1.76. The number of benzene rings is 1. The Morgan fingerprint density at radius 1 is 1.19 bits per heavy atom. The van der Waals surface area contributed by atoms with E-state index in [1.165, 1.54) is 22.3 Å². The average Bonchev–Trinajstić information content (AvgIpc) is 2.20. The quantitative estimate of drug-likeness (QED) is 0.686. The molecular formula is C14H18N2. The molecule has 0 amide bonds. The van der Waals surface area contributed by atoms with E-state index in [9.17, 15) is 0 Å². The summed E-state index contributed by atoms with van der Waals surface area (Å²) in [5.41, 5.74) is 5.22. The summed E-state index contributed by atoms with van der Waals surface area (Å²) in [6, 6.07) is 4.39. The second-order valence-corrected chi connectivity index (χ2v) is 3.89. The van der Waals surface area contributed by atoms with Crippen LogP contribution in [0.25, 0.3) is 0 Å². The molecule has 0 aliphatic heterocycles. The van der Waals surface area contributed by atoms with E-state index in [2.05, 4.69) is 49.6 Å². The lowest BCUT2D eigenvalue weighted by Crippen LogP contribution is -1.93. The van der Waals surface area contributed by atoms with Crippen LogP contribution in [0.1, 0.15) is 22.3 Å². The van der Waals surface area contributed by atoms with Gasteiger partial charge in [0.05, 0.1) is 6.54 Å².